The van der Waals surface area contributed by atoms with Gasteiger partial charge in [-0.3, -0.25) is 0 Å². The van der Waals surface area contributed by atoms with Crippen molar-refractivity contribution in [3.63, 3.8) is 0 Å². The van der Waals surface area contributed by atoms with Crippen LogP contribution in [0, 0.1) is 6.92 Å². The molecule has 7 heteroatoms. The number of nitrogens with zero attached hydrogens (tertiary/aromatic N) is 1. The van der Waals surface area contributed by atoms with E-state index < -0.39 is 23.0 Å². The second-order valence-corrected chi connectivity index (χ2v) is 3.66. The average molecular weight is 260 g/mol. The van der Waals surface area contributed by atoms with Gasteiger partial charge >= 0.3 is 6.18 Å². The lowest BCUT2D eigenvalue weighted by Crippen LogP contribution is -2.21. The minimum Gasteiger partial charge on any atom is -0.379 e. The highest BCUT2D eigenvalue weighted by Crippen LogP contribution is 2.37. The third-order valence-corrected chi connectivity index (χ3v) is 2.25. The fourth-order valence-electron chi connectivity index (χ4n) is 1.10. The largest absolute Gasteiger partial charge is 0.418 e. The quantitative estimate of drug-likeness (QED) is 0.786. The second kappa shape index (κ2) is 4.15. The van der Waals surface area contributed by atoms with Gasteiger partial charge in [0, 0.05) is 5.56 Å². The summed E-state index contributed by atoms with van der Waals surface area (Å²) >= 11 is 11.0. The maximum atomic E-state index is 12.2. The van der Waals surface area contributed by atoms with Crippen molar-refractivity contribution in [2.45, 2.75) is 19.2 Å². The summed E-state index contributed by atoms with van der Waals surface area (Å²) in [6.45, 7) is 1.36. The zero-order valence-corrected chi connectivity index (χ0v) is 8.95. The standard InChI is InChI=1S/C8H6Cl2F3NO/c1-3-2-4(9)14-7(10)5(3)6(15)8(11,12)13/h2,6,15H,1H3. The Bertz CT molecular complexity index is 358. The van der Waals surface area contributed by atoms with Crippen LogP contribution in [0.2, 0.25) is 10.3 Å². The maximum Gasteiger partial charge on any atom is 0.418 e. The number of pyridine rings is 1. The Morgan fingerprint density at radius 3 is 2.33 bits per heavy atom. The van der Waals surface area contributed by atoms with Crippen molar-refractivity contribution in [1.82, 2.24) is 4.98 Å². The molecule has 1 aromatic heterocycles. The van der Waals surface area contributed by atoms with E-state index in [0.29, 0.717) is 0 Å². The van der Waals surface area contributed by atoms with E-state index in [1.807, 2.05) is 0 Å². The van der Waals surface area contributed by atoms with Crippen LogP contribution in [0.1, 0.15) is 17.2 Å². The Hall–Kier alpha value is -0.520. The number of rotatable bonds is 1. The zero-order valence-electron chi connectivity index (χ0n) is 7.44. The number of aliphatic hydroxyl groups excluding tert-OH is 1. The molecule has 0 amide bonds. The minimum absolute atomic E-state index is 0.0179. The molecule has 0 bridgehead atoms. The van der Waals surface area contributed by atoms with E-state index in [-0.39, 0.29) is 10.7 Å². The Labute approximate surface area is 93.6 Å². The van der Waals surface area contributed by atoms with Crippen LogP contribution in [0.4, 0.5) is 13.2 Å². The lowest BCUT2D eigenvalue weighted by molar-refractivity contribution is -0.207. The molecule has 1 rings (SSSR count). The molecule has 0 saturated carbocycles. The third-order valence-electron chi connectivity index (χ3n) is 1.77. The van der Waals surface area contributed by atoms with Gasteiger partial charge in [-0.1, -0.05) is 23.2 Å². The van der Waals surface area contributed by atoms with Gasteiger partial charge in [-0.25, -0.2) is 4.98 Å². The first-order chi connectivity index (χ1) is 6.73. The van der Waals surface area contributed by atoms with E-state index in [0.717, 1.165) is 0 Å². The highest BCUT2D eigenvalue weighted by Gasteiger charge is 2.41. The van der Waals surface area contributed by atoms with Crippen LogP contribution in [0.25, 0.3) is 0 Å². The summed E-state index contributed by atoms with van der Waals surface area (Å²) in [5.74, 6) is 0. The van der Waals surface area contributed by atoms with Crippen LogP contribution in [0.3, 0.4) is 0 Å². The van der Waals surface area contributed by atoms with Crippen LogP contribution in [0.15, 0.2) is 6.07 Å². The Balaban J connectivity index is 3.26. The van der Waals surface area contributed by atoms with E-state index in [9.17, 15) is 13.2 Å². The van der Waals surface area contributed by atoms with Gasteiger partial charge in [-0.15, -0.1) is 0 Å². The number of aliphatic hydroxyl groups is 1. The monoisotopic (exact) mass is 259 g/mol. The summed E-state index contributed by atoms with van der Waals surface area (Å²) in [6, 6.07) is 1.21. The predicted octanol–water partition coefficient (Wildman–Crippen LogP) is 3.29. The van der Waals surface area contributed by atoms with Crippen LogP contribution < -0.4 is 0 Å². The molecule has 1 atom stereocenters. The van der Waals surface area contributed by atoms with Gasteiger partial charge < -0.3 is 5.11 Å². The number of halogens is 5. The van der Waals surface area contributed by atoms with Crippen LogP contribution >= 0.6 is 23.2 Å². The highest BCUT2D eigenvalue weighted by molar-refractivity contribution is 6.33. The van der Waals surface area contributed by atoms with Crippen molar-refractivity contribution in [2.24, 2.45) is 0 Å². The fourth-order valence-corrected chi connectivity index (χ4v) is 1.73. The molecule has 1 aromatic rings. The SMILES string of the molecule is Cc1cc(Cl)nc(Cl)c1C(O)C(F)(F)F. The fraction of sp³-hybridized carbons (Fsp3) is 0.375. The molecular formula is C8H6Cl2F3NO. The Kier molecular flexibility index (Phi) is 3.48. The van der Waals surface area contributed by atoms with Crippen molar-refractivity contribution in [3.05, 3.63) is 27.5 Å². The molecule has 0 aliphatic carbocycles. The molecule has 0 aromatic carbocycles. The number of alkyl halides is 3. The third kappa shape index (κ3) is 2.74. The van der Waals surface area contributed by atoms with Crippen molar-refractivity contribution in [1.29, 1.82) is 0 Å². The highest BCUT2D eigenvalue weighted by atomic mass is 35.5. The molecule has 0 radical (unpaired) electrons. The van der Waals surface area contributed by atoms with Gasteiger partial charge in [-0.05, 0) is 18.6 Å². The summed E-state index contributed by atoms with van der Waals surface area (Å²) < 4.78 is 36.7. The smallest absolute Gasteiger partial charge is 0.379 e. The molecule has 1 N–H and O–H groups in total. The van der Waals surface area contributed by atoms with Gasteiger partial charge in [0.05, 0.1) is 0 Å². The van der Waals surface area contributed by atoms with Crippen LogP contribution in [-0.2, 0) is 0 Å². The van der Waals surface area contributed by atoms with E-state index in [2.05, 4.69) is 4.98 Å². The molecule has 0 aliphatic heterocycles. The van der Waals surface area contributed by atoms with Crippen molar-refractivity contribution >= 4 is 23.2 Å². The maximum absolute atomic E-state index is 12.2. The molecule has 1 unspecified atom stereocenters. The first-order valence-corrected chi connectivity index (χ1v) is 4.56. The first kappa shape index (κ1) is 12.5. The lowest BCUT2D eigenvalue weighted by atomic mass is 10.1. The summed E-state index contributed by atoms with van der Waals surface area (Å²) in [5, 5.41) is 8.56. The van der Waals surface area contributed by atoms with Gasteiger partial charge in [0.1, 0.15) is 10.3 Å². The van der Waals surface area contributed by atoms with Crippen molar-refractivity contribution in [2.75, 3.05) is 0 Å². The summed E-state index contributed by atoms with van der Waals surface area (Å²) in [6.07, 6.45) is -7.42. The average Bonchev–Trinajstić information content (AvgIpc) is 1.99. The normalized spacial score (nSPS) is 14.1. The van der Waals surface area contributed by atoms with Crippen molar-refractivity contribution < 1.29 is 18.3 Å². The van der Waals surface area contributed by atoms with Gasteiger partial charge in [0.25, 0.3) is 0 Å². The van der Waals surface area contributed by atoms with Crippen LogP contribution in [-0.4, -0.2) is 16.3 Å². The zero-order chi connectivity index (χ0) is 11.8. The second-order valence-electron chi connectivity index (χ2n) is 2.91. The van der Waals surface area contributed by atoms with E-state index in [1.54, 1.807) is 0 Å². The van der Waals surface area contributed by atoms with Crippen molar-refractivity contribution in [3.8, 4) is 0 Å². The molecule has 2 nitrogen and oxygen atoms in total. The Morgan fingerprint density at radius 2 is 1.93 bits per heavy atom. The number of aryl methyl sites for hydroxylation is 1. The van der Waals surface area contributed by atoms with E-state index in [4.69, 9.17) is 28.3 Å². The number of hydrogen-bond acceptors (Lipinski definition) is 2. The van der Waals surface area contributed by atoms with Crippen LogP contribution in [0.5, 0.6) is 0 Å². The number of hydrogen-bond donors (Lipinski definition) is 1. The first-order valence-electron chi connectivity index (χ1n) is 3.81. The molecule has 0 aliphatic rings. The predicted molar refractivity (Wildman–Crippen MR) is 50.0 cm³/mol. The van der Waals surface area contributed by atoms with E-state index in [1.165, 1.54) is 13.0 Å². The van der Waals surface area contributed by atoms with Gasteiger partial charge in [0.15, 0.2) is 6.10 Å². The molecule has 1 heterocycles. The molecule has 0 saturated heterocycles. The number of aromatic nitrogens is 1. The molecule has 0 spiro atoms. The Morgan fingerprint density at radius 1 is 1.40 bits per heavy atom. The summed E-state index contributed by atoms with van der Waals surface area (Å²) in [7, 11) is 0. The lowest BCUT2D eigenvalue weighted by Gasteiger charge is -2.17. The molecule has 15 heavy (non-hydrogen) atoms. The summed E-state index contributed by atoms with van der Waals surface area (Å²) in [5.41, 5.74) is -0.321. The van der Waals surface area contributed by atoms with E-state index >= 15 is 0 Å². The molecular weight excluding hydrogens is 254 g/mol. The summed E-state index contributed by atoms with van der Waals surface area (Å²) in [4.78, 5) is 3.44. The molecule has 84 valence electrons. The minimum atomic E-state index is -4.77. The topological polar surface area (TPSA) is 33.1 Å². The molecule has 0 fully saturated rings. The van der Waals surface area contributed by atoms with Gasteiger partial charge in [0.2, 0.25) is 0 Å². The van der Waals surface area contributed by atoms with Gasteiger partial charge in [-0.2, -0.15) is 13.2 Å².